The summed E-state index contributed by atoms with van der Waals surface area (Å²) in [6, 6.07) is 8.36. The first-order valence-electron chi connectivity index (χ1n) is 8.67. The molecule has 1 aromatic carbocycles. The van der Waals surface area contributed by atoms with E-state index in [9.17, 15) is 5.11 Å². The molecule has 4 rings (SSSR count). The second-order valence-corrected chi connectivity index (χ2v) is 7.76. The summed E-state index contributed by atoms with van der Waals surface area (Å²) in [5.74, 6) is 0.698. The summed E-state index contributed by atoms with van der Waals surface area (Å²) in [6.07, 6.45) is 8.78. The molecule has 4 nitrogen and oxygen atoms in total. The van der Waals surface area contributed by atoms with Crippen molar-refractivity contribution in [2.45, 2.75) is 44.2 Å². The highest BCUT2D eigenvalue weighted by atomic mass is 32.1. The number of thiazole rings is 1. The number of aromatic amines is 1. The van der Waals surface area contributed by atoms with Gasteiger partial charge < -0.3 is 15.4 Å². The fraction of sp³-hybridized carbons (Fsp3) is 0.421. The number of aromatic nitrogens is 2. The largest absolute Gasteiger partial charge is 0.395 e. The molecule has 0 unspecified atom stereocenters. The molecule has 2 heterocycles. The van der Waals surface area contributed by atoms with E-state index in [-0.39, 0.29) is 12.6 Å². The number of aliphatic hydroxyl groups is 1. The minimum absolute atomic E-state index is 0.0541. The third-order valence-corrected chi connectivity index (χ3v) is 6.11. The van der Waals surface area contributed by atoms with Crippen molar-refractivity contribution in [1.29, 1.82) is 0 Å². The van der Waals surface area contributed by atoms with E-state index in [1.807, 2.05) is 23.6 Å². The van der Waals surface area contributed by atoms with Gasteiger partial charge in [0.2, 0.25) is 0 Å². The molecule has 0 saturated heterocycles. The molecule has 0 spiro atoms. The fourth-order valence-electron chi connectivity index (χ4n) is 3.26. The number of nitrogens with zero attached hydrogens (tertiary/aromatic N) is 1. The van der Waals surface area contributed by atoms with Crippen molar-refractivity contribution in [3.63, 3.8) is 0 Å². The monoisotopic (exact) mass is 341 g/mol. The predicted molar refractivity (Wildman–Crippen MR) is 98.4 cm³/mol. The van der Waals surface area contributed by atoms with Crippen molar-refractivity contribution in [2.24, 2.45) is 0 Å². The molecule has 0 amide bonds. The third-order valence-electron chi connectivity index (χ3n) is 4.95. The van der Waals surface area contributed by atoms with E-state index >= 15 is 0 Å². The van der Waals surface area contributed by atoms with Crippen molar-refractivity contribution in [1.82, 2.24) is 15.3 Å². The van der Waals surface area contributed by atoms with Gasteiger partial charge in [0.15, 0.2) is 0 Å². The van der Waals surface area contributed by atoms with Crippen molar-refractivity contribution < 1.29 is 5.11 Å². The van der Waals surface area contributed by atoms with Crippen LogP contribution in [-0.4, -0.2) is 27.7 Å². The molecule has 1 atom stereocenters. The Labute approximate surface area is 145 Å². The summed E-state index contributed by atoms with van der Waals surface area (Å²) in [5.41, 5.74) is 2.40. The first kappa shape index (κ1) is 15.8. The number of hydrogen-bond donors (Lipinski definition) is 3. The molecule has 2 aromatic heterocycles. The van der Waals surface area contributed by atoms with E-state index in [4.69, 9.17) is 0 Å². The highest BCUT2D eigenvalue weighted by Crippen LogP contribution is 2.38. The molecule has 5 heteroatoms. The normalized spacial score (nSPS) is 16.4. The number of nitrogens with one attached hydrogen (secondary N) is 2. The van der Waals surface area contributed by atoms with E-state index < -0.39 is 0 Å². The Kier molecular flexibility index (Phi) is 4.65. The van der Waals surface area contributed by atoms with Crippen LogP contribution in [0.4, 0.5) is 0 Å². The van der Waals surface area contributed by atoms with Crippen LogP contribution in [0.3, 0.4) is 0 Å². The first-order valence-corrected chi connectivity index (χ1v) is 9.49. The average Bonchev–Trinajstić information content (AvgIpc) is 3.17. The summed E-state index contributed by atoms with van der Waals surface area (Å²) in [4.78, 5) is 9.13. The van der Waals surface area contributed by atoms with E-state index in [1.165, 1.54) is 40.1 Å². The number of aliphatic hydroxyl groups excluding tert-OH is 1. The molecule has 126 valence electrons. The number of rotatable bonds is 7. The fourth-order valence-corrected chi connectivity index (χ4v) is 4.30. The number of para-hydroxylation sites is 1. The summed E-state index contributed by atoms with van der Waals surface area (Å²) in [6.45, 7) is 0.908. The first-order chi connectivity index (χ1) is 11.8. The Morgan fingerprint density at radius 3 is 3.00 bits per heavy atom. The van der Waals surface area contributed by atoms with Crippen LogP contribution >= 0.6 is 11.3 Å². The molecule has 3 aromatic rings. The van der Waals surface area contributed by atoms with Crippen LogP contribution in [-0.2, 0) is 13.0 Å². The van der Waals surface area contributed by atoms with Crippen LogP contribution in [0.25, 0.3) is 10.9 Å². The third kappa shape index (κ3) is 3.24. The SMILES string of the molecule is OC[C@H](Cc1c[nH]c2ccccc12)NCc1cnc(C2CCC2)s1. The lowest BCUT2D eigenvalue weighted by molar-refractivity contribution is 0.241. The number of hydrogen-bond acceptors (Lipinski definition) is 4. The number of benzene rings is 1. The van der Waals surface area contributed by atoms with Crippen LogP contribution in [0, 0.1) is 0 Å². The van der Waals surface area contributed by atoms with Gasteiger partial charge in [-0.15, -0.1) is 11.3 Å². The zero-order valence-corrected chi connectivity index (χ0v) is 14.5. The molecule has 1 aliphatic rings. The zero-order chi connectivity index (χ0) is 16.4. The van der Waals surface area contributed by atoms with E-state index in [0.29, 0.717) is 5.92 Å². The van der Waals surface area contributed by atoms with Gasteiger partial charge in [0.05, 0.1) is 11.6 Å². The van der Waals surface area contributed by atoms with Crippen LogP contribution in [0.2, 0.25) is 0 Å². The quantitative estimate of drug-likeness (QED) is 0.615. The van der Waals surface area contributed by atoms with Gasteiger partial charge in [-0.2, -0.15) is 0 Å². The predicted octanol–water partition coefficient (Wildman–Crippen LogP) is 3.59. The number of fused-ring (bicyclic) bond motifs is 1. The van der Waals surface area contributed by atoms with Gasteiger partial charge in [0, 0.05) is 46.7 Å². The molecule has 1 saturated carbocycles. The number of H-pyrrole nitrogens is 1. The Morgan fingerprint density at radius 1 is 1.33 bits per heavy atom. The maximum atomic E-state index is 9.73. The highest BCUT2D eigenvalue weighted by Gasteiger charge is 2.22. The van der Waals surface area contributed by atoms with Crippen molar-refractivity contribution in [3.8, 4) is 0 Å². The molecule has 0 radical (unpaired) electrons. The van der Waals surface area contributed by atoms with Crippen molar-refractivity contribution in [2.75, 3.05) is 6.61 Å². The summed E-state index contributed by atoms with van der Waals surface area (Å²) >= 11 is 1.82. The van der Waals surface area contributed by atoms with E-state index in [0.717, 1.165) is 18.5 Å². The molecule has 3 N–H and O–H groups in total. The smallest absolute Gasteiger partial charge is 0.0959 e. The van der Waals surface area contributed by atoms with Gasteiger partial charge in [-0.1, -0.05) is 24.6 Å². The van der Waals surface area contributed by atoms with Crippen molar-refractivity contribution >= 4 is 22.2 Å². The lowest BCUT2D eigenvalue weighted by Crippen LogP contribution is -2.33. The summed E-state index contributed by atoms with van der Waals surface area (Å²) in [5, 5.41) is 15.7. The van der Waals surface area contributed by atoms with Gasteiger partial charge >= 0.3 is 0 Å². The maximum Gasteiger partial charge on any atom is 0.0959 e. The van der Waals surface area contributed by atoms with Gasteiger partial charge in [-0.05, 0) is 30.9 Å². The van der Waals surface area contributed by atoms with Gasteiger partial charge in [0.25, 0.3) is 0 Å². The Bertz CT molecular complexity index is 806. The molecular formula is C19H23N3OS. The maximum absolute atomic E-state index is 9.73. The zero-order valence-electron chi connectivity index (χ0n) is 13.7. The van der Waals surface area contributed by atoms with Gasteiger partial charge in [0.1, 0.15) is 0 Å². The Balaban J connectivity index is 1.38. The minimum Gasteiger partial charge on any atom is -0.395 e. The van der Waals surface area contributed by atoms with Crippen molar-refractivity contribution in [3.05, 3.63) is 52.1 Å². The van der Waals surface area contributed by atoms with E-state index in [1.54, 1.807) is 0 Å². The van der Waals surface area contributed by atoms with Crippen LogP contribution < -0.4 is 5.32 Å². The molecule has 1 aliphatic carbocycles. The minimum atomic E-state index is 0.0541. The van der Waals surface area contributed by atoms with Gasteiger partial charge in [-0.3, -0.25) is 0 Å². The lowest BCUT2D eigenvalue weighted by Gasteiger charge is -2.22. The average molecular weight is 341 g/mol. The van der Waals surface area contributed by atoms with Gasteiger partial charge in [-0.25, -0.2) is 4.98 Å². The van der Waals surface area contributed by atoms with Crippen LogP contribution in [0.5, 0.6) is 0 Å². The second kappa shape index (κ2) is 7.05. The Hall–Kier alpha value is -1.69. The Morgan fingerprint density at radius 2 is 2.21 bits per heavy atom. The van der Waals surface area contributed by atoms with Crippen LogP contribution in [0.15, 0.2) is 36.7 Å². The molecule has 0 aliphatic heterocycles. The topological polar surface area (TPSA) is 60.9 Å². The molecule has 1 fully saturated rings. The lowest BCUT2D eigenvalue weighted by atomic mass is 9.86. The standard InChI is InChI=1S/C19H23N3OS/c23-12-15(8-14-9-21-18-7-2-1-6-17(14)18)20-10-16-11-22-19(24-16)13-4-3-5-13/h1-2,6-7,9,11,13,15,20-21,23H,3-5,8,10,12H2/t15-/m0/s1. The highest BCUT2D eigenvalue weighted by molar-refractivity contribution is 7.11. The van der Waals surface area contributed by atoms with Crippen LogP contribution in [0.1, 0.15) is 40.6 Å². The second-order valence-electron chi connectivity index (χ2n) is 6.62. The summed E-state index contributed by atoms with van der Waals surface area (Å²) < 4.78 is 0. The molecular weight excluding hydrogens is 318 g/mol. The molecule has 24 heavy (non-hydrogen) atoms. The summed E-state index contributed by atoms with van der Waals surface area (Å²) in [7, 11) is 0. The van der Waals surface area contributed by atoms with E-state index in [2.05, 4.69) is 39.7 Å². The molecule has 0 bridgehead atoms.